The highest BCUT2D eigenvalue weighted by Gasteiger charge is 2.09. The number of methoxy groups -OCH3 is 1. The van der Waals surface area contributed by atoms with E-state index in [0.29, 0.717) is 11.1 Å². The molecule has 5 nitrogen and oxygen atoms in total. The SMILES string of the molecule is COC(=O)/C(=C/c1ccc([N+](=O)[O-])cc1)CCl. The molecule has 0 amide bonds. The topological polar surface area (TPSA) is 69.4 Å². The van der Waals surface area contributed by atoms with E-state index in [1.54, 1.807) is 0 Å². The molecule has 0 radical (unpaired) electrons. The van der Waals surface area contributed by atoms with E-state index in [4.69, 9.17) is 11.6 Å². The Morgan fingerprint density at radius 1 is 1.47 bits per heavy atom. The zero-order valence-corrected chi connectivity index (χ0v) is 9.81. The number of nitro benzene ring substituents is 1. The summed E-state index contributed by atoms with van der Waals surface area (Å²) in [5, 5.41) is 10.4. The van der Waals surface area contributed by atoms with Gasteiger partial charge in [-0.25, -0.2) is 4.79 Å². The summed E-state index contributed by atoms with van der Waals surface area (Å²) in [6.07, 6.45) is 1.53. The number of carbonyl (C=O) groups excluding carboxylic acids is 1. The van der Waals surface area contributed by atoms with E-state index >= 15 is 0 Å². The number of nitrogens with zero attached hydrogens (tertiary/aromatic N) is 1. The number of non-ortho nitro benzene ring substituents is 1. The maximum atomic E-state index is 11.2. The van der Waals surface area contributed by atoms with E-state index in [2.05, 4.69) is 4.74 Å². The van der Waals surface area contributed by atoms with Crippen LogP contribution in [0.3, 0.4) is 0 Å². The van der Waals surface area contributed by atoms with Crippen molar-refractivity contribution < 1.29 is 14.5 Å². The van der Waals surface area contributed by atoms with E-state index in [9.17, 15) is 14.9 Å². The molecule has 6 heteroatoms. The number of ether oxygens (including phenoxy) is 1. The van der Waals surface area contributed by atoms with Gasteiger partial charge in [0.05, 0.1) is 23.5 Å². The molecule has 0 bridgehead atoms. The fourth-order valence-electron chi connectivity index (χ4n) is 1.18. The molecule has 0 aliphatic rings. The Kier molecular flexibility index (Phi) is 4.66. The minimum atomic E-state index is -0.515. The molecule has 0 fully saturated rings. The normalized spacial score (nSPS) is 11.1. The molecule has 90 valence electrons. The van der Waals surface area contributed by atoms with Gasteiger partial charge in [0, 0.05) is 12.1 Å². The standard InChI is InChI=1S/C11H10ClNO4/c1-17-11(14)9(7-12)6-8-2-4-10(5-3-8)13(15)16/h2-6H,7H2,1H3/b9-6+. The molecule has 1 aromatic carbocycles. The number of nitro groups is 1. The van der Waals surface area contributed by atoms with Crippen molar-refractivity contribution >= 4 is 29.3 Å². The van der Waals surface area contributed by atoms with E-state index in [-0.39, 0.29) is 11.6 Å². The van der Waals surface area contributed by atoms with Crippen LogP contribution in [-0.4, -0.2) is 23.9 Å². The van der Waals surface area contributed by atoms with Crippen LogP contribution in [0.4, 0.5) is 5.69 Å². The molecule has 0 heterocycles. The molecule has 0 saturated carbocycles. The van der Waals surface area contributed by atoms with E-state index in [1.165, 1.54) is 37.5 Å². The zero-order chi connectivity index (χ0) is 12.8. The lowest BCUT2D eigenvalue weighted by Gasteiger charge is -2.01. The lowest BCUT2D eigenvalue weighted by molar-refractivity contribution is -0.384. The number of esters is 1. The van der Waals surface area contributed by atoms with Crippen molar-refractivity contribution in [3.63, 3.8) is 0 Å². The number of hydrogen-bond donors (Lipinski definition) is 0. The number of halogens is 1. The first-order chi connectivity index (χ1) is 8.08. The van der Waals surface area contributed by atoms with Crippen molar-refractivity contribution in [1.29, 1.82) is 0 Å². The number of rotatable bonds is 4. The maximum Gasteiger partial charge on any atom is 0.334 e. The minimum Gasteiger partial charge on any atom is -0.466 e. The highest BCUT2D eigenvalue weighted by molar-refractivity contribution is 6.23. The molecule has 0 spiro atoms. The van der Waals surface area contributed by atoms with Crippen LogP contribution in [0.2, 0.25) is 0 Å². The minimum absolute atomic E-state index is 0.00681. The van der Waals surface area contributed by atoms with Gasteiger partial charge in [-0.2, -0.15) is 0 Å². The van der Waals surface area contributed by atoms with Crippen LogP contribution < -0.4 is 0 Å². The summed E-state index contributed by atoms with van der Waals surface area (Å²) in [7, 11) is 1.26. The molecule has 0 unspecified atom stereocenters. The lowest BCUT2D eigenvalue weighted by atomic mass is 10.1. The molecule has 1 rings (SSSR count). The monoisotopic (exact) mass is 255 g/mol. The summed E-state index contributed by atoms with van der Waals surface area (Å²) < 4.78 is 4.54. The number of carbonyl (C=O) groups is 1. The van der Waals surface area contributed by atoms with Gasteiger partial charge in [0.1, 0.15) is 0 Å². The van der Waals surface area contributed by atoms with Gasteiger partial charge in [0.2, 0.25) is 0 Å². The second-order valence-electron chi connectivity index (χ2n) is 3.14. The molecule has 0 saturated heterocycles. The van der Waals surface area contributed by atoms with Gasteiger partial charge in [0.15, 0.2) is 0 Å². The fourth-order valence-corrected chi connectivity index (χ4v) is 1.36. The number of hydrogen-bond acceptors (Lipinski definition) is 4. The second kappa shape index (κ2) is 6.00. The Labute approximate surface area is 103 Å². The molecular weight excluding hydrogens is 246 g/mol. The summed E-state index contributed by atoms with van der Waals surface area (Å²) in [6, 6.07) is 5.78. The highest BCUT2D eigenvalue weighted by Crippen LogP contribution is 2.15. The van der Waals surface area contributed by atoms with Crippen molar-refractivity contribution in [2.75, 3.05) is 13.0 Å². The molecular formula is C11H10ClNO4. The molecule has 0 aliphatic carbocycles. The van der Waals surface area contributed by atoms with Crippen LogP contribution in [-0.2, 0) is 9.53 Å². The highest BCUT2D eigenvalue weighted by atomic mass is 35.5. The van der Waals surface area contributed by atoms with Gasteiger partial charge in [-0.15, -0.1) is 11.6 Å². The summed E-state index contributed by atoms with van der Waals surface area (Å²) in [6.45, 7) is 0. The Bertz CT molecular complexity index is 453. The van der Waals surface area contributed by atoms with E-state index in [1.807, 2.05) is 0 Å². The van der Waals surface area contributed by atoms with Gasteiger partial charge in [-0.3, -0.25) is 10.1 Å². The van der Waals surface area contributed by atoms with Gasteiger partial charge in [-0.1, -0.05) is 0 Å². The number of alkyl halides is 1. The third kappa shape index (κ3) is 3.57. The summed E-state index contributed by atoms with van der Waals surface area (Å²) >= 11 is 5.60. The summed E-state index contributed by atoms with van der Waals surface area (Å²) in [4.78, 5) is 21.2. The van der Waals surface area contributed by atoms with Gasteiger partial charge < -0.3 is 4.74 Å². The predicted octanol–water partition coefficient (Wildman–Crippen LogP) is 2.39. The Morgan fingerprint density at radius 2 is 2.06 bits per heavy atom. The third-order valence-corrected chi connectivity index (χ3v) is 2.32. The average Bonchev–Trinajstić information content (AvgIpc) is 2.35. The van der Waals surface area contributed by atoms with Crippen molar-refractivity contribution in [2.24, 2.45) is 0 Å². The Hall–Kier alpha value is -1.88. The van der Waals surface area contributed by atoms with Crippen LogP contribution in [0.25, 0.3) is 6.08 Å². The van der Waals surface area contributed by atoms with Crippen molar-refractivity contribution in [2.45, 2.75) is 0 Å². The Morgan fingerprint density at radius 3 is 2.47 bits per heavy atom. The molecule has 0 N–H and O–H groups in total. The van der Waals surface area contributed by atoms with Crippen LogP contribution in [0.5, 0.6) is 0 Å². The maximum absolute atomic E-state index is 11.2. The first kappa shape index (κ1) is 13.2. The van der Waals surface area contributed by atoms with Crippen LogP contribution >= 0.6 is 11.6 Å². The second-order valence-corrected chi connectivity index (χ2v) is 3.41. The largest absolute Gasteiger partial charge is 0.466 e. The van der Waals surface area contributed by atoms with Crippen molar-refractivity contribution in [3.05, 3.63) is 45.5 Å². The molecule has 0 atom stereocenters. The molecule has 0 aromatic heterocycles. The fraction of sp³-hybridized carbons (Fsp3) is 0.182. The first-order valence-corrected chi connectivity index (χ1v) is 5.21. The molecule has 17 heavy (non-hydrogen) atoms. The third-order valence-electron chi connectivity index (χ3n) is 2.04. The smallest absolute Gasteiger partial charge is 0.334 e. The Balaban J connectivity index is 2.97. The van der Waals surface area contributed by atoms with Crippen molar-refractivity contribution in [3.8, 4) is 0 Å². The first-order valence-electron chi connectivity index (χ1n) is 4.67. The average molecular weight is 256 g/mol. The van der Waals surface area contributed by atoms with Gasteiger partial charge >= 0.3 is 5.97 Å². The quantitative estimate of drug-likeness (QED) is 0.272. The number of benzene rings is 1. The van der Waals surface area contributed by atoms with Crippen LogP contribution in [0, 0.1) is 10.1 Å². The van der Waals surface area contributed by atoms with Crippen LogP contribution in [0.1, 0.15) is 5.56 Å². The van der Waals surface area contributed by atoms with Gasteiger partial charge in [0.25, 0.3) is 5.69 Å². The molecule has 1 aromatic rings. The predicted molar refractivity (Wildman–Crippen MR) is 63.8 cm³/mol. The zero-order valence-electron chi connectivity index (χ0n) is 9.05. The molecule has 0 aliphatic heterocycles. The van der Waals surface area contributed by atoms with E-state index < -0.39 is 10.9 Å². The van der Waals surface area contributed by atoms with Gasteiger partial charge in [-0.05, 0) is 23.8 Å². The summed E-state index contributed by atoms with van der Waals surface area (Å²) in [5.41, 5.74) is 0.937. The van der Waals surface area contributed by atoms with Crippen molar-refractivity contribution in [1.82, 2.24) is 0 Å². The summed E-state index contributed by atoms with van der Waals surface area (Å²) in [5.74, 6) is -0.498. The van der Waals surface area contributed by atoms with E-state index in [0.717, 1.165) is 0 Å². The van der Waals surface area contributed by atoms with Crippen LogP contribution in [0.15, 0.2) is 29.8 Å². The lowest BCUT2D eigenvalue weighted by Crippen LogP contribution is -2.05.